The van der Waals surface area contributed by atoms with Gasteiger partial charge in [0.25, 0.3) is 0 Å². The van der Waals surface area contributed by atoms with Crippen molar-refractivity contribution in [3.05, 3.63) is 82.5 Å². The van der Waals surface area contributed by atoms with E-state index in [9.17, 15) is 9.18 Å². The Morgan fingerprint density at radius 1 is 1.12 bits per heavy atom. The Morgan fingerprint density at radius 3 is 2.69 bits per heavy atom. The van der Waals surface area contributed by atoms with Gasteiger partial charge in [0.2, 0.25) is 5.88 Å². The van der Waals surface area contributed by atoms with Crippen LogP contribution in [-0.2, 0) is 29.2 Å². The first kappa shape index (κ1) is 28.4. The van der Waals surface area contributed by atoms with Gasteiger partial charge in [0, 0.05) is 40.6 Å². The number of likely N-dealkylation sites (tertiary alicyclic amines) is 1. The van der Waals surface area contributed by atoms with Crippen molar-refractivity contribution in [2.24, 2.45) is 0 Å². The zero-order valence-electron chi connectivity index (χ0n) is 23.4. The van der Waals surface area contributed by atoms with E-state index in [1.54, 1.807) is 18.2 Å². The van der Waals surface area contributed by atoms with Gasteiger partial charge in [-0.15, -0.1) is 0 Å². The first-order valence-electron chi connectivity index (χ1n) is 14.2. The number of ether oxygens (including phenoxy) is 3. The van der Waals surface area contributed by atoms with Crippen molar-refractivity contribution in [3.63, 3.8) is 0 Å². The van der Waals surface area contributed by atoms with Crippen LogP contribution in [0.25, 0.3) is 11.0 Å². The molecule has 2 aliphatic rings. The molecule has 1 N–H and O–H groups in total. The molecule has 2 aromatic carbocycles. The molecule has 2 aromatic heterocycles. The molecule has 1 amide bonds. The molecule has 0 spiro atoms. The van der Waals surface area contributed by atoms with Crippen LogP contribution in [0, 0.1) is 5.82 Å². The van der Waals surface area contributed by atoms with E-state index in [4.69, 9.17) is 35.8 Å². The summed E-state index contributed by atoms with van der Waals surface area (Å²) in [5.41, 5.74) is 3.91. The molecule has 42 heavy (non-hydrogen) atoms. The van der Waals surface area contributed by atoms with E-state index < -0.39 is 11.9 Å². The molecule has 6 rings (SSSR count). The summed E-state index contributed by atoms with van der Waals surface area (Å²) >= 11 is 5.85. The zero-order valence-corrected chi connectivity index (χ0v) is 24.1. The quantitative estimate of drug-likeness (QED) is 0.249. The minimum Gasteiger partial charge on any atom is -0.473 e. The Hall–Kier alpha value is -3.73. The number of benzene rings is 2. The largest absolute Gasteiger partial charge is 0.473 e. The molecule has 0 saturated carbocycles. The summed E-state index contributed by atoms with van der Waals surface area (Å²) in [6, 6.07) is 16.1. The fourth-order valence-corrected chi connectivity index (χ4v) is 5.66. The first-order chi connectivity index (χ1) is 20.4. The number of imidazole rings is 1. The minimum absolute atomic E-state index is 0.0883. The van der Waals surface area contributed by atoms with E-state index in [0.29, 0.717) is 28.1 Å². The maximum atomic E-state index is 14.1. The third-order valence-corrected chi connectivity index (χ3v) is 8.18. The fraction of sp³-hybridized carbons (Fsp3) is 0.387. The van der Waals surface area contributed by atoms with Crippen LogP contribution >= 0.6 is 11.6 Å². The first-order valence-corrected chi connectivity index (χ1v) is 14.5. The normalized spacial score (nSPS) is 17.6. The van der Waals surface area contributed by atoms with Crippen molar-refractivity contribution >= 4 is 34.4 Å². The van der Waals surface area contributed by atoms with E-state index in [-0.39, 0.29) is 12.7 Å². The molecule has 2 fully saturated rings. The highest BCUT2D eigenvalue weighted by Gasteiger charge is 2.26. The number of nitrogens with zero attached hydrogens (tertiary/aromatic N) is 4. The fourth-order valence-electron chi connectivity index (χ4n) is 5.50. The Bertz CT molecular complexity index is 1570. The van der Waals surface area contributed by atoms with Gasteiger partial charge in [0.15, 0.2) is 0 Å². The van der Waals surface area contributed by atoms with Gasteiger partial charge < -0.3 is 18.8 Å². The second-order valence-corrected chi connectivity index (χ2v) is 11.2. The number of fused-ring (bicyclic) bond motifs is 1. The number of halogens is 2. The predicted molar refractivity (Wildman–Crippen MR) is 157 cm³/mol. The smallest absolute Gasteiger partial charge is 0.411 e. The number of methoxy groups -OCH3 is 1. The highest BCUT2D eigenvalue weighted by atomic mass is 35.5. The van der Waals surface area contributed by atoms with Crippen LogP contribution in [0.1, 0.15) is 42.3 Å². The molecule has 2 saturated heterocycles. The Kier molecular flexibility index (Phi) is 8.55. The number of aromatic nitrogens is 3. The van der Waals surface area contributed by atoms with Crippen molar-refractivity contribution in [2.75, 3.05) is 32.1 Å². The second-order valence-electron chi connectivity index (χ2n) is 10.7. The summed E-state index contributed by atoms with van der Waals surface area (Å²) in [5, 5.41) is 3.08. The molecule has 0 bridgehead atoms. The topological polar surface area (TPSA) is 90.7 Å². The average Bonchev–Trinajstić information content (AvgIpc) is 3.30. The number of carbonyl (C=O) groups excluding carboxylic acids is 1. The third kappa shape index (κ3) is 6.51. The standard InChI is InChI=1S/C31H33ClFN5O4/c1-40-31(39)34-23-7-8-28-27(16-23)35-29(38(28)17-24-11-14-41-24)18-37-12-9-20(10-13-37)26-3-2-4-30(36-26)42-19-21-5-6-22(32)15-25(21)33/h2-8,15-16,20,24H,9-14,17-19H2,1H3,(H,34,39). The molecule has 2 aliphatic heterocycles. The maximum Gasteiger partial charge on any atom is 0.411 e. The number of nitrogens with one attached hydrogen (secondary N) is 1. The van der Waals surface area contributed by atoms with Gasteiger partial charge in [0.1, 0.15) is 18.2 Å². The summed E-state index contributed by atoms with van der Waals surface area (Å²) in [6.07, 6.45) is 2.64. The van der Waals surface area contributed by atoms with Crippen LogP contribution in [0.5, 0.6) is 5.88 Å². The molecule has 1 unspecified atom stereocenters. The molecule has 0 aliphatic carbocycles. The molecule has 4 heterocycles. The van der Waals surface area contributed by atoms with Crippen molar-refractivity contribution in [2.45, 2.75) is 51.0 Å². The highest BCUT2D eigenvalue weighted by molar-refractivity contribution is 6.30. The van der Waals surface area contributed by atoms with Gasteiger partial charge in [-0.25, -0.2) is 19.2 Å². The van der Waals surface area contributed by atoms with Crippen LogP contribution in [-0.4, -0.2) is 58.4 Å². The van der Waals surface area contributed by atoms with Gasteiger partial charge >= 0.3 is 6.09 Å². The van der Waals surface area contributed by atoms with Gasteiger partial charge in [-0.05, 0) is 68.8 Å². The zero-order chi connectivity index (χ0) is 29.1. The molecule has 4 aromatic rings. The van der Waals surface area contributed by atoms with Crippen molar-refractivity contribution < 1.29 is 23.4 Å². The summed E-state index contributed by atoms with van der Waals surface area (Å²) in [5.74, 6) is 1.39. The number of anilines is 1. The van der Waals surface area contributed by atoms with Gasteiger partial charge in [-0.3, -0.25) is 10.2 Å². The van der Waals surface area contributed by atoms with Crippen LogP contribution < -0.4 is 10.1 Å². The van der Waals surface area contributed by atoms with Crippen LogP contribution in [0.4, 0.5) is 14.9 Å². The monoisotopic (exact) mass is 593 g/mol. The number of amides is 1. The van der Waals surface area contributed by atoms with Gasteiger partial charge in [-0.1, -0.05) is 23.7 Å². The summed E-state index contributed by atoms with van der Waals surface area (Å²) in [4.78, 5) is 23.8. The van der Waals surface area contributed by atoms with Crippen LogP contribution in [0.15, 0.2) is 54.6 Å². The van der Waals surface area contributed by atoms with Crippen molar-refractivity contribution in [3.8, 4) is 5.88 Å². The van der Waals surface area contributed by atoms with Gasteiger partial charge in [-0.2, -0.15) is 0 Å². The minimum atomic E-state index is -0.512. The molecule has 220 valence electrons. The molecule has 11 heteroatoms. The average molecular weight is 594 g/mol. The van der Waals surface area contributed by atoms with Crippen molar-refractivity contribution in [1.82, 2.24) is 19.4 Å². The number of pyridine rings is 1. The van der Waals surface area contributed by atoms with E-state index in [1.807, 2.05) is 30.3 Å². The lowest BCUT2D eigenvalue weighted by Gasteiger charge is -2.32. The van der Waals surface area contributed by atoms with E-state index in [2.05, 4.69) is 14.8 Å². The number of hydrogen-bond acceptors (Lipinski definition) is 7. The van der Waals surface area contributed by atoms with Crippen LogP contribution in [0.3, 0.4) is 0 Å². The second kappa shape index (κ2) is 12.6. The number of hydrogen-bond donors (Lipinski definition) is 1. The summed E-state index contributed by atoms with van der Waals surface area (Å²) < 4.78 is 32.7. The summed E-state index contributed by atoms with van der Waals surface area (Å²) in [6.45, 7) is 4.17. The Balaban J connectivity index is 1.10. The lowest BCUT2D eigenvalue weighted by molar-refractivity contribution is -0.0592. The number of rotatable bonds is 9. The molecule has 9 nitrogen and oxygen atoms in total. The number of piperidine rings is 1. The van der Waals surface area contributed by atoms with E-state index in [1.165, 1.54) is 13.2 Å². The summed E-state index contributed by atoms with van der Waals surface area (Å²) in [7, 11) is 1.34. The maximum absolute atomic E-state index is 14.1. The predicted octanol–water partition coefficient (Wildman–Crippen LogP) is 6.15. The lowest BCUT2D eigenvalue weighted by atomic mass is 9.93. The van der Waals surface area contributed by atoms with E-state index >= 15 is 0 Å². The Labute approximate surface area is 248 Å². The SMILES string of the molecule is COC(=O)Nc1ccc2c(c1)nc(CN1CCC(c3cccc(OCc4ccc(Cl)cc4F)n3)CC1)n2CC1CCO1. The van der Waals surface area contributed by atoms with E-state index in [0.717, 1.165) is 74.6 Å². The Morgan fingerprint density at radius 2 is 1.95 bits per heavy atom. The molecular weight excluding hydrogens is 561 g/mol. The third-order valence-electron chi connectivity index (χ3n) is 7.95. The molecule has 1 atom stereocenters. The highest BCUT2D eigenvalue weighted by Crippen LogP contribution is 2.30. The molecule has 0 radical (unpaired) electrons. The van der Waals surface area contributed by atoms with Crippen LogP contribution in [0.2, 0.25) is 5.02 Å². The van der Waals surface area contributed by atoms with Gasteiger partial charge in [0.05, 0.1) is 37.3 Å². The molecular formula is C31H33ClFN5O4. The van der Waals surface area contributed by atoms with Crippen molar-refractivity contribution in [1.29, 1.82) is 0 Å². The number of carbonyl (C=O) groups is 1. The lowest BCUT2D eigenvalue weighted by Crippen LogP contribution is -2.35.